The van der Waals surface area contributed by atoms with E-state index in [0.717, 1.165) is 30.6 Å². The molecule has 3 rings (SSSR count). The molecular weight excluding hydrogens is 232 g/mol. The monoisotopic (exact) mass is 250 g/mol. The molecule has 5 heteroatoms. The second kappa shape index (κ2) is 4.64. The summed E-state index contributed by atoms with van der Waals surface area (Å²) in [4.78, 5) is 6.59. The van der Waals surface area contributed by atoms with Gasteiger partial charge in [-0.15, -0.1) is 0 Å². The summed E-state index contributed by atoms with van der Waals surface area (Å²) in [5.74, 6) is 1.12. The molecule has 0 atom stereocenters. The minimum Gasteiger partial charge on any atom is -0.360 e. The van der Waals surface area contributed by atoms with Crippen molar-refractivity contribution >= 4 is 17.3 Å². The van der Waals surface area contributed by atoms with Gasteiger partial charge >= 0.3 is 0 Å². The Labute approximate surface area is 107 Å². The third-order valence-corrected chi connectivity index (χ3v) is 4.09. The maximum Gasteiger partial charge on any atom is 0.169 e. The quantitative estimate of drug-likeness (QED) is 0.766. The molecule has 1 saturated carbocycles. The fourth-order valence-electron chi connectivity index (χ4n) is 2.68. The predicted octanol–water partition coefficient (Wildman–Crippen LogP) is 1.52. The number of aromatic nitrogens is 2. The largest absolute Gasteiger partial charge is 0.360 e. The Kier molecular flexibility index (Phi) is 3.01. The summed E-state index contributed by atoms with van der Waals surface area (Å²) in [5, 5.41) is 4.40. The zero-order chi connectivity index (χ0) is 11.7. The van der Waals surface area contributed by atoms with Gasteiger partial charge in [0.2, 0.25) is 0 Å². The second-order valence-electron chi connectivity index (χ2n) is 4.89. The van der Waals surface area contributed by atoms with E-state index in [1.807, 2.05) is 12.4 Å². The van der Waals surface area contributed by atoms with Crippen LogP contribution in [0.4, 0.5) is 0 Å². The van der Waals surface area contributed by atoms with E-state index < -0.39 is 0 Å². The van der Waals surface area contributed by atoms with Crippen LogP contribution < -0.4 is 5.32 Å². The highest BCUT2D eigenvalue weighted by atomic mass is 32.1. The second-order valence-corrected chi connectivity index (χ2v) is 5.28. The minimum atomic E-state index is 0.601. The SMILES string of the molecule is S=C(NC1CCCC1)N1CCn2ccnc2C1. The summed E-state index contributed by atoms with van der Waals surface area (Å²) >= 11 is 5.49. The van der Waals surface area contributed by atoms with Crippen LogP contribution in [-0.2, 0) is 13.1 Å². The average molecular weight is 250 g/mol. The minimum absolute atomic E-state index is 0.601. The van der Waals surface area contributed by atoms with Crippen molar-refractivity contribution in [2.75, 3.05) is 6.54 Å². The van der Waals surface area contributed by atoms with Crippen LogP contribution in [0.15, 0.2) is 12.4 Å². The van der Waals surface area contributed by atoms with Gasteiger partial charge in [-0.1, -0.05) is 12.8 Å². The van der Waals surface area contributed by atoms with Crippen molar-refractivity contribution in [2.24, 2.45) is 0 Å². The van der Waals surface area contributed by atoms with Crippen LogP contribution in [0.2, 0.25) is 0 Å². The van der Waals surface area contributed by atoms with E-state index in [2.05, 4.69) is 19.8 Å². The van der Waals surface area contributed by atoms with Crippen molar-refractivity contribution in [3.63, 3.8) is 0 Å². The van der Waals surface area contributed by atoms with Gasteiger partial charge in [-0.3, -0.25) is 0 Å². The van der Waals surface area contributed by atoms with Gasteiger partial charge in [0.05, 0.1) is 6.54 Å². The van der Waals surface area contributed by atoms with Gasteiger partial charge in [-0.25, -0.2) is 4.98 Å². The topological polar surface area (TPSA) is 33.1 Å². The normalized spacial score (nSPS) is 20.4. The number of nitrogens with zero attached hydrogens (tertiary/aromatic N) is 3. The molecule has 17 heavy (non-hydrogen) atoms. The van der Waals surface area contributed by atoms with Crippen molar-refractivity contribution in [1.29, 1.82) is 0 Å². The summed E-state index contributed by atoms with van der Waals surface area (Å²) in [7, 11) is 0. The van der Waals surface area contributed by atoms with E-state index >= 15 is 0 Å². The van der Waals surface area contributed by atoms with Crippen LogP contribution in [0.25, 0.3) is 0 Å². The fraction of sp³-hybridized carbons (Fsp3) is 0.667. The predicted molar refractivity (Wildman–Crippen MR) is 70.6 cm³/mol. The van der Waals surface area contributed by atoms with Crippen molar-refractivity contribution < 1.29 is 0 Å². The number of imidazole rings is 1. The van der Waals surface area contributed by atoms with Gasteiger partial charge in [0.15, 0.2) is 5.11 Å². The average Bonchev–Trinajstić information content (AvgIpc) is 2.97. The van der Waals surface area contributed by atoms with Crippen LogP contribution in [0.3, 0.4) is 0 Å². The molecule has 1 fully saturated rings. The number of nitrogens with one attached hydrogen (secondary N) is 1. The third kappa shape index (κ3) is 2.29. The molecule has 0 radical (unpaired) electrons. The molecule has 2 heterocycles. The molecule has 4 nitrogen and oxygen atoms in total. The van der Waals surface area contributed by atoms with E-state index in [1.165, 1.54) is 25.7 Å². The molecule has 0 bridgehead atoms. The van der Waals surface area contributed by atoms with E-state index in [0.29, 0.717) is 6.04 Å². The molecule has 2 aliphatic rings. The zero-order valence-electron chi connectivity index (χ0n) is 9.93. The van der Waals surface area contributed by atoms with Gasteiger partial charge in [-0.2, -0.15) is 0 Å². The highest BCUT2D eigenvalue weighted by Gasteiger charge is 2.22. The molecule has 1 N–H and O–H groups in total. The Morgan fingerprint density at radius 1 is 1.35 bits per heavy atom. The van der Waals surface area contributed by atoms with Gasteiger partial charge in [-0.05, 0) is 25.1 Å². The molecule has 0 aromatic carbocycles. The molecular formula is C12H18N4S. The van der Waals surface area contributed by atoms with Crippen LogP contribution in [0.5, 0.6) is 0 Å². The maximum absolute atomic E-state index is 5.49. The summed E-state index contributed by atoms with van der Waals surface area (Å²) in [6, 6.07) is 0.601. The Morgan fingerprint density at radius 2 is 2.18 bits per heavy atom. The highest BCUT2D eigenvalue weighted by molar-refractivity contribution is 7.80. The van der Waals surface area contributed by atoms with Gasteiger partial charge < -0.3 is 14.8 Å². The number of hydrogen-bond acceptors (Lipinski definition) is 2. The van der Waals surface area contributed by atoms with Crippen molar-refractivity contribution in [1.82, 2.24) is 19.8 Å². The Hall–Kier alpha value is -1.10. The molecule has 0 amide bonds. The van der Waals surface area contributed by atoms with E-state index in [-0.39, 0.29) is 0 Å². The number of fused-ring (bicyclic) bond motifs is 1. The lowest BCUT2D eigenvalue weighted by Crippen LogP contribution is -2.46. The molecule has 0 saturated heterocycles. The molecule has 0 spiro atoms. The van der Waals surface area contributed by atoms with Crippen LogP contribution in [0.1, 0.15) is 31.5 Å². The van der Waals surface area contributed by atoms with Crippen LogP contribution >= 0.6 is 12.2 Å². The van der Waals surface area contributed by atoms with E-state index in [1.54, 1.807) is 0 Å². The molecule has 1 aromatic heterocycles. The fourth-order valence-corrected chi connectivity index (χ4v) is 3.01. The zero-order valence-corrected chi connectivity index (χ0v) is 10.7. The molecule has 92 valence electrons. The Balaban J connectivity index is 1.60. The number of rotatable bonds is 1. The lowest BCUT2D eigenvalue weighted by molar-refractivity contribution is 0.322. The lowest BCUT2D eigenvalue weighted by atomic mass is 10.2. The first kappa shape index (κ1) is 11.0. The molecule has 0 unspecified atom stereocenters. The third-order valence-electron chi connectivity index (χ3n) is 3.71. The van der Waals surface area contributed by atoms with Crippen LogP contribution in [0, 0.1) is 0 Å². The first-order chi connectivity index (χ1) is 8.33. The standard InChI is InChI=1S/C12H18N4S/c17-12(14-10-3-1-2-4-10)16-8-7-15-6-5-13-11(15)9-16/h5-6,10H,1-4,7-9H2,(H,14,17). The van der Waals surface area contributed by atoms with E-state index in [9.17, 15) is 0 Å². The maximum atomic E-state index is 5.49. The van der Waals surface area contributed by atoms with Crippen molar-refractivity contribution in [3.8, 4) is 0 Å². The first-order valence-electron chi connectivity index (χ1n) is 6.38. The lowest BCUT2D eigenvalue weighted by Gasteiger charge is -2.31. The van der Waals surface area contributed by atoms with Crippen molar-refractivity contribution in [2.45, 2.75) is 44.8 Å². The van der Waals surface area contributed by atoms with Gasteiger partial charge in [0, 0.05) is 31.5 Å². The van der Waals surface area contributed by atoms with Gasteiger partial charge in [0.1, 0.15) is 5.82 Å². The van der Waals surface area contributed by atoms with E-state index in [4.69, 9.17) is 12.2 Å². The smallest absolute Gasteiger partial charge is 0.169 e. The van der Waals surface area contributed by atoms with Crippen LogP contribution in [-0.4, -0.2) is 32.2 Å². The Bertz CT molecular complexity index is 408. The summed E-state index contributed by atoms with van der Waals surface area (Å²) in [6.45, 7) is 2.81. The molecule has 1 aliphatic carbocycles. The highest BCUT2D eigenvalue weighted by Crippen LogP contribution is 2.18. The summed E-state index contributed by atoms with van der Waals surface area (Å²) < 4.78 is 2.20. The van der Waals surface area contributed by atoms with Crippen molar-refractivity contribution in [3.05, 3.63) is 18.2 Å². The Morgan fingerprint density at radius 3 is 3.00 bits per heavy atom. The molecule has 1 aliphatic heterocycles. The number of thiocarbonyl (C=S) groups is 1. The number of hydrogen-bond donors (Lipinski definition) is 1. The first-order valence-corrected chi connectivity index (χ1v) is 6.79. The molecule has 1 aromatic rings. The van der Waals surface area contributed by atoms with Gasteiger partial charge in [0.25, 0.3) is 0 Å². The summed E-state index contributed by atoms with van der Waals surface area (Å²) in [5.41, 5.74) is 0. The summed E-state index contributed by atoms with van der Waals surface area (Å²) in [6.07, 6.45) is 9.12.